The summed E-state index contributed by atoms with van der Waals surface area (Å²) in [6, 6.07) is 1.93. The predicted molar refractivity (Wildman–Crippen MR) is 64.5 cm³/mol. The monoisotopic (exact) mass is 226 g/mol. The Morgan fingerprint density at radius 1 is 1.31 bits per heavy atom. The van der Waals surface area contributed by atoms with Gasteiger partial charge in [-0.25, -0.2) is 0 Å². The summed E-state index contributed by atoms with van der Waals surface area (Å²) in [4.78, 5) is 2.12. The van der Waals surface area contributed by atoms with Gasteiger partial charge in [-0.2, -0.15) is 5.10 Å². The average Bonchev–Trinajstić information content (AvgIpc) is 2.74. The highest BCUT2D eigenvalue weighted by Gasteiger charge is 1.92. The summed E-state index contributed by atoms with van der Waals surface area (Å²) in [5.41, 5.74) is 0. The molecule has 0 amide bonds. The summed E-state index contributed by atoms with van der Waals surface area (Å²) in [7, 11) is 4.09. The average molecular weight is 226 g/mol. The van der Waals surface area contributed by atoms with E-state index in [1.54, 1.807) is 6.20 Å². The van der Waals surface area contributed by atoms with Crippen molar-refractivity contribution in [3.05, 3.63) is 18.5 Å². The number of nitrogens with zero attached hydrogens (tertiary/aromatic N) is 3. The molecule has 0 bridgehead atoms. The lowest BCUT2D eigenvalue weighted by Crippen LogP contribution is -2.25. The third kappa shape index (κ3) is 6.55. The Hall–Kier alpha value is -0.910. The minimum atomic E-state index is 0.771. The van der Waals surface area contributed by atoms with E-state index in [0.717, 1.165) is 39.4 Å². The van der Waals surface area contributed by atoms with E-state index in [9.17, 15) is 0 Å². The lowest BCUT2D eigenvalue weighted by atomic mass is 10.5. The van der Waals surface area contributed by atoms with Crippen molar-refractivity contribution in [3.8, 4) is 0 Å². The molecule has 92 valence electrons. The molecule has 1 rings (SSSR count). The summed E-state index contributed by atoms with van der Waals surface area (Å²) in [6.07, 6.45) is 3.76. The second-order valence-corrected chi connectivity index (χ2v) is 3.93. The summed E-state index contributed by atoms with van der Waals surface area (Å²) >= 11 is 0. The Bertz CT molecular complexity index is 248. The van der Waals surface area contributed by atoms with Crippen LogP contribution in [0, 0.1) is 0 Å². The standard InChI is InChI=1S/C11H22N4O/c1-14(2)9-11-16-10-6-12-5-8-15-7-3-4-13-15/h3-4,7,12H,5-6,8-11H2,1-2H3. The van der Waals surface area contributed by atoms with Gasteiger partial charge < -0.3 is 15.0 Å². The molecule has 5 heteroatoms. The zero-order chi connectivity index (χ0) is 11.6. The van der Waals surface area contributed by atoms with Gasteiger partial charge in [0.15, 0.2) is 0 Å². The van der Waals surface area contributed by atoms with Crippen LogP contribution in [0.15, 0.2) is 18.5 Å². The Morgan fingerprint density at radius 3 is 2.88 bits per heavy atom. The number of ether oxygens (including phenoxy) is 1. The van der Waals surface area contributed by atoms with Crippen molar-refractivity contribution >= 4 is 0 Å². The van der Waals surface area contributed by atoms with Crippen molar-refractivity contribution in [3.63, 3.8) is 0 Å². The topological polar surface area (TPSA) is 42.3 Å². The molecular formula is C11H22N4O. The maximum atomic E-state index is 5.46. The molecule has 16 heavy (non-hydrogen) atoms. The molecule has 0 atom stereocenters. The molecule has 0 aliphatic heterocycles. The van der Waals surface area contributed by atoms with Gasteiger partial charge in [0, 0.05) is 32.0 Å². The summed E-state index contributed by atoms with van der Waals surface area (Å²) in [5.74, 6) is 0. The van der Waals surface area contributed by atoms with Crippen LogP contribution in [0.25, 0.3) is 0 Å². The third-order valence-electron chi connectivity index (χ3n) is 2.18. The second-order valence-electron chi connectivity index (χ2n) is 3.93. The number of hydrogen-bond donors (Lipinski definition) is 1. The predicted octanol–water partition coefficient (Wildman–Crippen LogP) is 0.0509. The quantitative estimate of drug-likeness (QED) is 0.604. The van der Waals surface area contributed by atoms with Gasteiger partial charge in [-0.15, -0.1) is 0 Å². The van der Waals surface area contributed by atoms with Gasteiger partial charge in [-0.05, 0) is 20.2 Å². The van der Waals surface area contributed by atoms with E-state index in [0.29, 0.717) is 0 Å². The van der Waals surface area contributed by atoms with Gasteiger partial charge >= 0.3 is 0 Å². The molecule has 0 aliphatic rings. The lowest BCUT2D eigenvalue weighted by Gasteiger charge is -2.10. The Labute approximate surface area is 97.4 Å². The van der Waals surface area contributed by atoms with Crippen LogP contribution in [0.4, 0.5) is 0 Å². The van der Waals surface area contributed by atoms with Gasteiger partial charge in [-0.3, -0.25) is 4.68 Å². The normalized spacial score (nSPS) is 11.2. The van der Waals surface area contributed by atoms with Crippen LogP contribution < -0.4 is 5.32 Å². The minimum Gasteiger partial charge on any atom is -0.379 e. The number of aromatic nitrogens is 2. The first-order valence-electron chi connectivity index (χ1n) is 5.69. The van der Waals surface area contributed by atoms with E-state index >= 15 is 0 Å². The molecule has 0 aliphatic carbocycles. The van der Waals surface area contributed by atoms with E-state index in [1.807, 2.05) is 31.0 Å². The maximum absolute atomic E-state index is 5.46. The number of nitrogens with one attached hydrogen (secondary N) is 1. The first-order chi connectivity index (χ1) is 7.79. The number of hydrogen-bond acceptors (Lipinski definition) is 4. The highest BCUT2D eigenvalue weighted by atomic mass is 16.5. The fourth-order valence-electron chi connectivity index (χ4n) is 1.24. The molecule has 0 saturated heterocycles. The van der Waals surface area contributed by atoms with Gasteiger partial charge in [0.25, 0.3) is 0 Å². The zero-order valence-electron chi connectivity index (χ0n) is 10.2. The highest BCUT2D eigenvalue weighted by molar-refractivity contribution is 4.77. The molecule has 0 aromatic carbocycles. The Balaban J connectivity index is 1.82. The Morgan fingerprint density at radius 2 is 2.19 bits per heavy atom. The van der Waals surface area contributed by atoms with E-state index in [1.165, 1.54) is 0 Å². The highest BCUT2D eigenvalue weighted by Crippen LogP contribution is 1.82. The molecule has 5 nitrogen and oxygen atoms in total. The smallest absolute Gasteiger partial charge is 0.0593 e. The van der Waals surface area contributed by atoms with Crippen molar-refractivity contribution in [1.29, 1.82) is 0 Å². The van der Waals surface area contributed by atoms with Crippen molar-refractivity contribution in [2.75, 3.05) is 46.9 Å². The van der Waals surface area contributed by atoms with E-state index in [4.69, 9.17) is 4.74 Å². The molecule has 0 radical (unpaired) electrons. The van der Waals surface area contributed by atoms with Gasteiger partial charge in [0.1, 0.15) is 0 Å². The van der Waals surface area contributed by atoms with Crippen LogP contribution in [-0.4, -0.2) is 61.6 Å². The summed E-state index contributed by atoms with van der Waals surface area (Å²) in [6.45, 7) is 5.28. The Kier molecular flexibility index (Phi) is 6.80. The molecule has 0 fully saturated rings. The molecule has 1 aromatic heterocycles. The van der Waals surface area contributed by atoms with Crippen molar-refractivity contribution in [2.45, 2.75) is 6.54 Å². The van der Waals surface area contributed by atoms with Crippen LogP contribution in [-0.2, 0) is 11.3 Å². The first kappa shape index (κ1) is 13.2. The van der Waals surface area contributed by atoms with Gasteiger partial charge in [0.05, 0.1) is 19.8 Å². The van der Waals surface area contributed by atoms with Crippen LogP contribution >= 0.6 is 0 Å². The minimum absolute atomic E-state index is 0.771. The lowest BCUT2D eigenvalue weighted by molar-refractivity contribution is 0.119. The van der Waals surface area contributed by atoms with E-state index < -0.39 is 0 Å². The fraction of sp³-hybridized carbons (Fsp3) is 0.727. The molecule has 0 spiro atoms. The second kappa shape index (κ2) is 8.27. The van der Waals surface area contributed by atoms with Crippen LogP contribution in [0.1, 0.15) is 0 Å². The number of rotatable bonds is 9. The SMILES string of the molecule is CN(C)CCOCCNCCn1cccn1. The summed E-state index contributed by atoms with van der Waals surface area (Å²) in [5, 5.41) is 7.44. The van der Waals surface area contributed by atoms with Gasteiger partial charge in [0.2, 0.25) is 0 Å². The van der Waals surface area contributed by atoms with Crippen LogP contribution in [0.2, 0.25) is 0 Å². The first-order valence-corrected chi connectivity index (χ1v) is 5.69. The van der Waals surface area contributed by atoms with Gasteiger partial charge in [-0.1, -0.05) is 0 Å². The molecular weight excluding hydrogens is 204 g/mol. The number of likely N-dealkylation sites (N-methyl/N-ethyl adjacent to an activating group) is 1. The van der Waals surface area contributed by atoms with Crippen LogP contribution in [0.3, 0.4) is 0 Å². The van der Waals surface area contributed by atoms with Crippen LogP contribution in [0.5, 0.6) is 0 Å². The van der Waals surface area contributed by atoms with Crippen molar-refractivity contribution in [1.82, 2.24) is 20.0 Å². The van der Waals surface area contributed by atoms with Crippen molar-refractivity contribution in [2.24, 2.45) is 0 Å². The zero-order valence-corrected chi connectivity index (χ0v) is 10.2. The van der Waals surface area contributed by atoms with E-state index in [2.05, 4.69) is 15.3 Å². The molecule has 0 saturated carbocycles. The van der Waals surface area contributed by atoms with Crippen molar-refractivity contribution < 1.29 is 4.74 Å². The molecule has 0 unspecified atom stereocenters. The molecule has 1 N–H and O–H groups in total. The molecule has 1 heterocycles. The van der Waals surface area contributed by atoms with E-state index in [-0.39, 0.29) is 0 Å². The largest absolute Gasteiger partial charge is 0.379 e. The maximum Gasteiger partial charge on any atom is 0.0593 e. The molecule has 1 aromatic rings. The fourth-order valence-corrected chi connectivity index (χ4v) is 1.24. The third-order valence-corrected chi connectivity index (χ3v) is 2.18. The summed E-state index contributed by atoms with van der Waals surface area (Å²) < 4.78 is 7.37.